The van der Waals surface area contributed by atoms with Gasteiger partial charge in [0.25, 0.3) is 0 Å². The third kappa shape index (κ3) is 10.2. The molecule has 0 fully saturated rings. The molecule has 5 heteroatoms. The second kappa shape index (κ2) is 21.5. The van der Waals surface area contributed by atoms with Crippen molar-refractivity contribution in [3.8, 4) is 23.0 Å². The molecule has 0 amide bonds. The number of fused-ring (bicyclic) bond motifs is 2. The summed E-state index contributed by atoms with van der Waals surface area (Å²) in [7, 11) is -1.70. The SMILES string of the molecule is CC1=C=C=C(C(C)C)C#C1.Cl.Cl.[Ru].c1ccc(P(c2ccccc2)c2ccc3ccccc3c2-c2c(P(c3ccccc3)c3ccccc3)ccc3ccccc23)cc1. The molecule has 1 aliphatic rings. The zero-order chi connectivity index (χ0) is 38.3. The van der Waals surface area contributed by atoms with Crippen molar-refractivity contribution in [2.24, 2.45) is 5.92 Å². The molecule has 59 heavy (non-hydrogen) atoms. The van der Waals surface area contributed by atoms with Crippen LogP contribution in [0, 0.1) is 17.8 Å². The van der Waals surface area contributed by atoms with Crippen LogP contribution in [0.15, 0.2) is 217 Å². The van der Waals surface area contributed by atoms with Crippen LogP contribution >= 0.6 is 40.7 Å². The Labute approximate surface area is 377 Å². The van der Waals surface area contributed by atoms with Gasteiger partial charge in [0.05, 0.1) is 5.57 Å². The Morgan fingerprint density at radius 3 is 1.05 bits per heavy atom. The monoisotopic (exact) mass is 926 g/mol. The summed E-state index contributed by atoms with van der Waals surface area (Å²) in [5.41, 5.74) is 10.7. The molecule has 9 rings (SSSR count). The zero-order valence-electron chi connectivity index (χ0n) is 33.1. The molecule has 0 atom stereocenters. The maximum atomic E-state index is 3.02. The van der Waals surface area contributed by atoms with Gasteiger partial charge in [-0.15, -0.1) is 24.8 Å². The Balaban J connectivity index is 0.000000450. The van der Waals surface area contributed by atoms with Gasteiger partial charge in [0.1, 0.15) is 0 Å². The molecule has 0 unspecified atom stereocenters. The Morgan fingerprint density at radius 2 is 0.729 bits per heavy atom. The van der Waals surface area contributed by atoms with Crippen molar-refractivity contribution in [1.29, 1.82) is 0 Å². The summed E-state index contributed by atoms with van der Waals surface area (Å²) in [6, 6.07) is 71.8. The molecule has 0 aromatic heterocycles. The first-order chi connectivity index (χ1) is 27.6. The van der Waals surface area contributed by atoms with E-state index in [2.05, 4.69) is 231 Å². The molecule has 0 spiro atoms. The van der Waals surface area contributed by atoms with Gasteiger partial charge in [-0.05, 0) is 93.2 Å². The van der Waals surface area contributed by atoms with E-state index in [0.717, 1.165) is 11.1 Å². The van der Waals surface area contributed by atoms with E-state index in [1.807, 2.05) is 6.92 Å². The van der Waals surface area contributed by atoms with E-state index in [1.165, 1.54) is 64.5 Å². The van der Waals surface area contributed by atoms with Gasteiger partial charge in [0, 0.05) is 25.1 Å². The Bertz CT molecular complexity index is 2570. The average Bonchev–Trinajstić information content (AvgIpc) is 3.26. The number of hydrogen-bond acceptors (Lipinski definition) is 0. The van der Waals surface area contributed by atoms with Crippen LogP contribution < -0.4 is 31.8 Å². The second-order valence-electron chi connectivity index (χ2n) is 14.1. The van der Waals surface area contributed by atoms with Crippen LogP contribution in [0.2, 0.25) is 0 Å². The quantitative estimate of drug-likeness (QED) is 0.0616. The Kier molecular flexibility index (Phi) is 16.5. The van der Waals surface area contributed by atoms with Crippen LogP contribution in [0.3, 0.4) is 0 Å². The summed E-state index contributed by atoms with van der Waals surface area (Å²) < 4.78 is 0. The number of allylic oxidation sites excluding steroid dienone is 2. The van der Waals surface area contributed by atoms with E-state index in [0.29, 0.717) is 5.92 Å². The van der Waals surface area contributed by atoms with Gasteiger partial charge in [-0.1, -0.05) is 231 Å². The molecule has 0 N–H and O–H groups in total. The standard InChI is InChI=1S/C44H32P2.C10H10.2ClH.Ru/c1-5-19-35(20-6-1)45(36-21-7-2-8-22-36)41-31-29-33-17-13-15-27-39(33)43(41)44-40-28-16-14-18-34(40)30-32-42(44)46(37-23-9-3-10-24-37)38-25-11-4-12-26-38;1-8(2)10-6-4-9(3)5-7-10;;;/h1-32H;8H,1-3H3;2*1H;. The molecule has 1 aliphatic carbocycles. The van der Waals surface area contributed by atoms with Crippen LogP contribution in [0.4, 0.5) is 0 Å². The summed E-state index contributed by atoms with van der Waals surface area (Å²) in [5, 5.41) is 13.3. The van der Waals surface area contributed by atoms with Gasteiger partial charge < -0.3 is 0 Å². The third-order valence-corrected chi connectivity index (χ3v) is 14.9. The van der Waals surface area contributed by atoms with Crippen molar-refractivity contribution >= 4 is 94.0 Å². The fraction of sp³-hybridized carbons (Fsp3) is 0.0741. The molecule has 0 saturated heterocycles. The smallest absolute Gasteiger partial charge is 0.0551 e. The molecule has 0 radical (unpaired) electrons. The second-order valence-corrected chi connectivity index (χ2v) is 18.4. The van der Waals surface area contributed by atoms with Crippen LogP contribution in [0.1, 0.15) is 20.8 Å². The maximum Gasteiger partial charge on any atom is 0.0551 e. The molecule has 0 nitrogen and oxygen atoms in total. The first-order valence-electron chi connectivity index (χ1n) is 19.2. The van der Waals surface area contributed by atoms with Crippen molar-refractivity contribution in [3.63, 3.8) is 0 Å². The molecule has 292 valence electrons. The molecule has 8 aromatic carbocycles. The maximum absolute atomic E-state index is 3.02. The van der Waals surface area contributed by atoms with Crippen molar-refractivity contribution in [3.05, 3.63) is 217 Å². The Hall–Kier alpha value is -4.80. The van der Waals surface area contributed by atoms with Crippen molar-refractivity contribution < 1.29 is 19.5 Å². The fourth-order valence-electron chi connectivity index (χ4n) is 7.25. The molecular weight excluding hydrogens is 883 g/mol. The van der Waals surface area contributed by atoms with Crippen LogP contribution in [-0.4, -0.2) is 0 Å². The van der Waals surface area contributed by atoms with E-state index in [1.54, 1.807) is 0 Å². The van der Waals surface area contributed by atoms with E-state index in [9.17, 15) is 0 Å². The predicted molar refractivity (Wildman–Crippen MR) is 261 cm³/mol. The third-order valence-electron chi connectivity index (χ3n) is 9.95. The van der Waals surface area contributed by atoms with Gasteiger partial charge in [0.2, 0.25) is 0 Å². The number of rotatable bonds is 8. The molecule has 0 saturated carbocycles. The van der Waals surface area contributed by atoms with Crippen molar-refractivity contribution in [1.82, 2.24) is 0 Å². The zero-order valence-corrected chi connectivity index (χ0v) is 38.3. The van der Waals surface area contributed by atoms with Gasteiger partial charge in [0.15, 0.2) is 0 Å². The molecule has 0 aliphatic heterocycles. The Morgan fingerprint density at radius 1 is 0.390 bits per heavy atom. The van der Waals surface area contributed by atoms with Gasteiger partial charge in [-0.25, -0.2) is 0 Å². The summed E-state index contributed by atoms with van der Waals surface area (Å²) in [5.74, 6) is 6.47. The van der Waals surface area contributed by atoms with Crippen LogP contribution in [-0.2, 0) is 19.5 Å². The number of benzene rings is 8. The minimum absolute atomic E-state index is 0. The molecule has 0 heterocycles. The summed E-state index contributed by atoms with van der Waals surface area (Å²) >= 11 is 0. The summed E-state index contributed by atoms with van der Waals surface area (Å²) in [4.78, 5) is 0. The molecule has 8 aromatic rings. The summed E-state index contributed by atoms with van der Waals surface area (Å²) in [6.45, 7) is 6.16. The molecule has 0 bridgehead atoms. The minimum Gasteiger partial charge on any atom is -0.147 e. The van der Waals surface area contributed by atoms with E-state index in [-0.39, 0.29) is 44.3 Å². The summed E-state index contributed by atoms with van der Waals surface area (Å²) in [6.07, 6.45) is 0. The normalized spacial score (nSPS) is 11.3. The van der Waals surface area contributed by atoms with E-state index in [4.69, 9.17) is 0 Å². The number of halogens is 2. The van der Waals surface area contributed by atoms with Crippen molar-refractivity contribution in [2.75, 3.05) is 0 Å². The number of hydrogen-bond donors (Lipinski definition) is 0. The van der Waals surface area contributed by atoms with Gasteiger partial charge in [-0.3, -0.25) is 0 Å². The fourth-order valence-corrected chi connectivity index (χ4v) is 12.2. The minimum atomic E-state index is -0.852. The average molecular weight is 927 g/mol. The first kappa shape index (κ1) is 45.3. The molecular formula is C54H44Cl2P2Ru. The largest absolute Gasteiger partial charge is 0.147 e. The topological polar surface area (TPSA) is 0 Å². The van der Waals surface area contributed by atoms with E-state index < -0.39 is 15.8 Å². The van der Waals surface area contributed by atoms with E-state index >= 15 is 0 Å². The van der Waals surface area contributed by atoms with Gasteiger partial charge >= 0.3 is 0 Å². The first-order valence-corrected chi connectivity index (χ1v) is 21.8. The van der Waals surface area contributed by atoms with Crippen LogP contribution in [0.25, 0.3) is 32.7 Å². The van der Waals surface area contributed by atoms with Gasteiger partial charge in [-0.2, -0.15) is 0 Å². The predicted octanol–water partition coefficient (Wildman–Crippen LogP) is 12.3. The van der Waals surface area contributed by atoms with Crippen LogP contribution in [0.5, 0.6) is 0 Å². The van der Waals surface area contributed by atoms with Crippen molar-refractivity contribution in [2.45, 2.75) is 20.8 Å².